The quantitative estimate of drug-likeness (QED) is 0.849. The SMILES string of the molecule is CCCc1cc(OCCc2ccncc2)c(C(=O)O)s1. The molecule has 0 aromatic carbocycles. The summed E-state index contributed by atoms with van der Waals surface area (Å²) < 4.78 is 5.64. The molecule has 2 heterocycles. The van der Waals surface area contributed by atoms with E-state index in [2.05, 4.69) is 11.9 Å². The van der Waals surface area contributed by atoms with Crippen LogP contribution in [0.3, 0.4) is 0 Å². The monoisotopic (exact) mass is 291 g/mol. The van der Waals surface area contributed by atoms with Crippen LogP contribution in [0, 0.1) is 0 Å². The molecule has 0 saturated heterocycles. The molecular weight excluding hydrogens is 274 g/mol. The molecular formula is C15H17NO3S. The summed E-state index contributed by atoms with van der Waals surface area (Å²) in [4.78, 5) is 16.5. The smallest absolute Gasteiger partial charge is 0.349 e. The highest BCUT2D eigenvalue weighted by Gasteiger charge is 2.16. The van der Waals surface area contributed by atoms with Gasteiger partial charge in [0.1, 0.15) is 5.75 Å². The Hall–Kier alpha value is -1.88. The van der Waals surface area contributed by atoms with Crippen LogP contribution < -0.4 is 4.74 Å². The Morgan fingerprint density at radius 1 is 1.35 bits per heavy atom. The van der Waals surface area contributed by atoms with Crippen molar-refractivity contribution in [2.75, 3.05) is 6.61 Å². The molecule has 0 saturated carbocycles. The summed E-state index contributed by atoms with van der Waals surface area (Å²) >= 11 is 1.30. The lowest BCUT2D eigenvalue weighted by atomic mass is 10.2. The van der Waals surface area contributed by atoms with Crippen LogP contribution in [0.5, 0.6) is 5.75 Å². The first kappa shape index (κ1) is 14.5. The first-order chi connectivity index (χ1) is 9.70. The average Bonchev–Trinajstić information content (AvgIpc) is 2.84. The van der Waals surface area contributed by atoms with Crippen LogP contribution in [0.2, 0.25) is 0 Å². The summed E-state index contributed by atoms with van der Waals surface area (Å²) in [6.07, 6.45) is 6.10. The van der Waals surface area contributed by atoms with Crippen LogP contribution in [0.25, 0.3) is 0 Å². The third-order valence-electron chi connectivity index (χ3n) is 2.84. The fraction of sp³-hybridized carbons (Fsp3) is 0.333. The first-order valence-corrected chi connectivity index (χ1v) is 7.40. The summed E-state index contributed by atoms with van der Waals surface area (Å²) in [6, 6.07) is 5.71. The molecule has 5 heteroatoms. The molecule has 4 nitrogen and oxygen atoms in total. The molecule has 2 rings (SSSR count). The molecule has 0 unspecified atom stereocenters. The van der Waals surface area contributed by atoms with Gasteiger partial charge < -0.3 is 9.84 Å². The highest BCUT2D eigenvalue weighted by molar-refractivity contribution is 7.14. The summed E-state index contributed by atoms with van der Waals surface area (Å²) in [5, 5.41) is 9.19. The molecule has 0 fully saturated rings. The highest BCUT2D eigenvalue weighted by atomic mass is 32.1. The van der Waals surface area contributed by atoms with Gasteiger partial charge in [-0.2, -0.15) is 0 Å². The van der Waals surface area contributed by atoms with E-state index in [9.17, 15) is 9.90 Å². The van der Waals surface area contributed by atoms with Gasteiger partial charge in [0.25, 0.3) is 0 Å². The van der Waals surface area contributed by atoms with Crippen LogP contribution in [0.1, 0.15) is 33.5 Å². The number of aromatic carboxylic acids is 1. The minimum Gasteiger partial charge on any atom is -0.491 e. The maximum Gasteiger partial charge on any atom is 0.349 e. The number of carboxylic acids is 1. The number of carboxylic acid groups (broad SMARTS) is 1. The van der Waals surface area contributed by atoms with Crippen molar-refractivity contribution in [2.24, 2.45) is 0 Å². The number of aromatic nitrogens is 1. The van der Waals surface area contributed by atoms with E-state index in [4.69, 9.17) is 4.74 Å². The number of hydrogen-bond donors (Lipinski definition) is 1. The lowest BCUT2D eigenvalue weighted by molar-refractivity contribution is 0.0698. The van der Waals surface area contributed by atoms with Crippen molar-refractivity contribution in [3.63, 3.8) is 0 Å². The first-order valence-electron chi connectivity index (χ1n) is 6.58. The molecule has 0 aliphatic rings. The van der Waals surface area contributed by atoms with Gasteiger partial charge in [-0.05, 0) is 30.2 Å². The lowest BCUT2D eigenvalue weighted by Crippen LogP contribution is -2.04. The van der Waals surface area contributed by atoms with Crippen molar-refractivity contribution in [2.45, 2.75) is 26.2 Å². The second-order valence-corrected chi connectivity index (χ2v) is 5.55. The minimum absolute atomic E-state index is 0.295. The van der Waals surface area contributed by atoms with Gasteiger partial charge in [0.05, 0.1) is 6.61 Å². The number of aryl methyl sites for hydroxylation is 1. The maximum atomic E-state index is 11.2. The fourth-order valence-electron chi connectivity index (χ4n) is 1.88. The Morgan fingerprint density at radius 3 is 2.75 bits per heavy atom. The largest absolute Gasteiger partial charge is 0.491 e. The van der Waals surface area contributed by atoms with Crippen LogP contribution in [0.4, 0.5) is 0 Å². The molecule has 2 aromatic rings. The van der Waals surface area contributed by atoms with Crippen molar-refractivity contribution in [3.05, 3.63) is 45.9 Å². The van der Waals surface area contributed by atoms with Crippen LogP contribution >= 0.6 is 11.3 Å². The predicted octanol–water partition coefficient (Wildman–Crippen LogP) is 3.42. The fourth-order valence-corrected chi connectivity index (χ4v) is 2.92. The normalized spacial score (nSPS) is 10.4. The Kier molecular flexibility index (Phi) is 5.12. The molecule has 1 N–H and O–H groups in total. The van der Waals surface area contributed by atoms with E-state index in [1.165, 1.54) is 11.3 Å². The molecule has 2 aromatic heterocycles. The van der Waals surface area contributed by atoms with E-state index in [1.54, 1.807) is 12.4 Å². The van der Waals surface area contributed by atoms with Gasteiger partial charge in [0.15, 0.2) is 4.88 Å². The number of hydrogen-bond acceptors (Lipinski definition) is 4. The van der Waals surface area contributed by atoms with E-state index in [0.717, 1.165) is 29.7 Å². The molecule has 0 spiro atoms. The third kappa shape index (κ3) is 3.81. The van der Waals surface area contributed by atoms with Crippen molar-refractivity contribution in [1.82, 2.24) is 4.98 Å². The Balaban J connectivity index is 1.99. The van der Waals surface area contributed by atoms with Crippen molar-refractivity contribution < 1.29 is 14.6 Å². The summed E-state index contributed by atoms with van der Waals surface area (Å²) in [5.74, 6) is -0.434. The number of carbonyl (C=O) groups is 1. The van der Waals surface area contributed by atoms with Crippen molar-refractivity contribution in [3.8, 4) is 5.75 Å². The number of pyridine rings is 1. The molecule has 0 aliphatic carbocycles. The van der Waals surface area contributed by atoms with E-state index < -0.39 is 5.97 Å². The standard InChI is InChI=1S/C15H17NO3S/c1-2-3-12-10-13(14(20-12)15(17)18)19-9-6-11-4-7-16-8-5-11/h4-5,7-8,10H,2-3,6,9H2,1H3,(H,17,18). The van der Waals surface area contributed by atoms with Gasteiger partial charge in [-0.15, -0.1) is 11.3 Å². The molecule has 0 amide bonds. The number of rotatable bonds is 7. The second-order valence-electron chi connectivity index (χ2n) is 4.42. The van der Waals surface area contributed by atoms with Crippen molar-refractivity contribution >= 4 is 17.3 Å². The van der Waals surface area contributed by atoms with Gasteiger partial charge in [-0.1, -0.05) is 13.3 Å². The zero-order chi connectivity index (χ0) is 14.4. The molecule has 0 atom stereocenters. The second kappa shape index (κ2) is 7.05. The highest BCUT2D eigenvalue weighted by Crippen LogP contribution is 2.30. The van der Waals surface area contributed by atoms with E-state index in [-0.39, 0.29) is 0 Å². The van der Waals surface area contributed by atoms with Crippen LogP contribution in [-0.4, -0.2) is 22.7 Å². The lowest BCUT2D eigenvalue weighted by Gasteiger charge is -2.05. The summed E-state index contributed by atoms with van der Waals surface area (Å²) in [5.41, 5.74) is 1.13. The zero-order valence-electron chi connectivity index (χ0n) is 11.3. The van der Waals surface area contributed by atoms with Gasteiger partial charge in [-0.3, -0.25) is 4.98 Å². The predicted molar refractivity (Wildman–Crippen MR) is 78.7 cm³/mol. The number of thiophene rings is 1. The zero-order valence-corrected chi connectivity index (χ0v) is 12.2. The number of ether oxygens (including phenoxy) is 1. The molecule has 20 heavy (non-hydrogen) atoms. The van der Waals surface area contributed by atoms with E-state index in [1.807, 2.05) is 18.2 Å². The van der Waals surface area contributed by atoms with E-state index in [0.29, 0.717) is 17.2 Å². The molecule has 0 bridgehead atoms. The Morgan fingerprint density at radius 2 is 2.10 bits per heavy atom. The maximum absolute atomic E-state index is 11.2. The Labute approximate surface area is 122 Å². The van der Waals surface area contributed by atoms with Gasteiger partial charge in [0, 0.05) is 23.7 Å². The van der Waals surface area contributed by atoms with Crippen LogP contribution in [-0.2, 0) is 12.8 Å². The minimum atomic E-state index is -0.920. The van der Waals surface area contributed by atoms with Crippen LogP contribution in [0.15, 0.2) is 30.6 Å². The number of nitrogens with zero attached hydrogens (tertiary/aromatic N) is 1. The molecule has 0 radical (unpaired) electrons. The van der Waals surface area contributed by atoms with E-state index >= 15 is 0 Å². The Bertz CT molecular complexity index is 566. The molecule has 106 valence electrons. The summed E-state index contributed by atoms with van der Waals surface area (Å²) in [6.45, 7) is 2.54. The topological polar surface area (TPSA) is 59.4 Å². The third-order valence-corrected chi connectivity index (χ3v) is 4.00. The van der Waals surface area contributed by atoms with Gasteiger partial charge in [0.2, 0.25) is 0 Å². The average molecular weight is 291 g/mol. The van der Waals surface area contributed by atoms with Gasteiger partial charge in [-0.25, -0.2) is 4.79 Å². The van der Waals surface area contributed by atoms with Gasteiger partial charge >= 0.3 is 5.97 Å². The van der Waals surface area contributed by atoms with Crippen molar-refractivity contribution in [1.29, 1.82) is 0 Å². The molecule has 0 aliphatic heterocycles. The summed E-state index contributed by atoms with van der Waals surface area (Å²) in [7, 11) is 0.